The molecule has 3 heterocycles. The summed E-state index contributed by atoms with van der Waals surface area (Å²) in [6, 6.07) is 19.0. The van der Waals surface area contributed by atoms with Crippen LogP contribution in [0.25, 0.3) is 32.8 Å². The molecule has 43 heavy (non-hydrogen) atoms. The molecule has 0 fully saturated rings. The molecule has 10 heteroatoms. The van der Waals surface area contributed by atoms with Gasteiger partial charge in [0.2, 0.25) is 0 Å². The number of fused-ring (bicyclic) bond motifs is 3. The van der Waals surface area contributed by atoms with Gasteiger partial charge in [-0.05, 0) is 36.8 Å². The maximum absolute atomic E-state index is 14.2. The van der Waals surface area contributed by atoms with Gasteiger partial charge in [-0.25, -0.2) is 4.79 Å². The first kappa shape index (κ1) is 28.5. The van der Waals surface area contributed by atoms with Crippen molar-refractivity contribution in [3.05, 3.63) is 95.5 Å². The zero-order valence-electron chi connectivity index (χ0n) is 23.5. The molecule has 0 saturated carbocycles. The summed E-state index contributed by atoms with van der Waals surface area (Å²) < 4.78 is 61.6. The van der Waals surface area contributed by atoms with Gasteiger partial charge in [0, 0.05) is 28.4 Å². The largest absolute Gasteiger partial charge is 0.493 e. The van der Waals surface area contributed by atoms with E-state index in [9.17, 15) is 18.0 Å². The molecule has 222 valence electrons. The van der Waals surface area contributed by atoms with Crippen molar-refractivity contribution in [3.8, 4) is 16.9 Å². The second kappa shape index (κ2) is 12.0. The number of ether oxygens (including phenoxy) is 3. The number of allylic oxidation sites excluding steroid dienone is 1. The van der Waals surface area contributed by atoms with Gasteiger partial charge in [0.05, 0.1) is 37.6 Å². The SMILES string of the molecule is CCOC(=O)c1c(CCCOc2cccc3ccccc23)c2cccc3c2n1C/C=C\COCc1n[nH]c(C(F)(F)F)c1-3. The number of H-pyrrole nitrogens is 1. The quantitative estimate of drug-likeness (QED) is 0.121. The van der Waals surface area contributed by atoms with E-state index in [4.69, 9.17) is 14.2 Å². The van der Waals surface area contributed by atoms with Crippen LogP contribution in [0.2, 0.25) is 0 Å². The molecule has 0 atom stereocenters. The van der Waals surface area contributed by atoms with Gasteiger partial charge in [0.15, 0.2) is 0 Å². The molecule has 0 unspecified atom stereocenters. The lowest BCUT2D eigenvalue weighted by atomic mass is 9.98. The molecule has 5 aromatic rings. The molecule has 1 aliphatic rings. The van der Waals surface area contributed by atoms with Crippen molar-refractivity contribution in [1.82, 2.24) is 14.8 Å². The number of carbonyl (C=O) groups is 1. The lowest BCUT2D eigenvalue weighted by molar-refractivity contribution is -0.140. The summed E-state index contributed by atoms with van der Waals surface area (Å²) in [6.07, 6.45) is -0.0449. The third kappa shape index (κ3) is 5.50. The standard InChI is InChI=1S/C33H30F3N3O4/c1-2-42-32(40)30-24(15-9-19-43-27-16-7-11-21-10-3-4-12-22(21)27)23-13-8-14-25-28-26(37-38-31(28)33(34,35)36)20-41-18-6-5-17-39(30)29(23)25/h3-8,10-14,16H,2,9,15,17-20H2,1H3,(H,37,38)/b6-5-. The maximum atomic E-state index is 14.2. The van der Waals surface area contributed by atoms with Crippen LogP contribution >= 0.6 is 0 Å². The summed E-state index contributed by atoms with van der Waals surface area (Å²) in [7, 11) is 0. The normalized spacial score (nSPS) is 14.3. The number of alkyl halides is 3. The Morgan fingerprint density at radius 1 is 1.05 bits per heavy atom. The van der Waals surface area contributed by atoms with Crippen LogP contribution in [0.3, 0.4) is 0 Å². The van der Waals surface area contributed by atoms with Crippen LogP contribution in [0.5, 0.6) is 5.75 Å². The first-order chi connectivity index (χ1) is 20.9. The van der Waals surface area contributed by atoms with Crippen molar-refractivity contribution in [3.63, 3.8) is 0 Å². The smallest absolute Gasteiger partial charge is 0.433 e. The maximum Gasteiger partial charge on any atom is 0.433 e. The van der Waals surface area contributed by atoms with Gasteiger partial charge >= 0.3 is 12.1 Å². The Hall–Kier alpha value is -4.57. The molecule has 1 aliphatic heterocycles. The number of aromatic nitrogens is 3. The van der Waals surface area contributed by atoms with Crippen molar-refractivity contribution >= 4 is 27.6 Å². The van der Waals surface area contributed by atoms with Crippen molar-refractivity contribution in [2.45, 2.75) is 39.1 Å². The Kier molecular flexibility index (Phi) is 7.94. The first-order valence-electron chi connectivity index (χ1n) is 14.2. The fourth-order valence-corrected chi connectivity index (χ4v) is 5.75. The van der Waals surface area contributed by atoms with E-state index in [0.29, 0.717) is 47.2 Å². The number of hydrogen-bond donors (Lipinski definition) is 1. The highest BCUT2D eigenvalue weighted by Gasteiger charge is 2.39. The summed E-state index contributed by atoms with van der Waals surface area (Å²) in [5.41, 5.74) is 0.952. The fourth-order valence-electron chi connectivity index (χ4n) is 5.75. The number of carbonyl (C=O) groups excluding carboxylic acids is 1. The third-order valence-corrected chi connectivity index (χ3v) is 7.54. The van der Waals surface area contributed by atoms with E-state index < -0.39 is 17.8 Å². The zero-order chi connectivity index (χ0) is 30.0. The molecule has 0 spiro atoms. The van der Waals surface area contributed by atoms with Crippen LogP contribution in [0.15, 0.2) is 72.8 Å². The minimum absolute atomic E-state index is 0.0833. The van der Waals surface area contributed by atoms with Crippen LogP contribution in [0.4, 0.5) is 13.2 Å². The zero-order valence-corrected chi connectivity index (χ0v) is 23.5. The Balaban J connectivity index is 1.45. The minimum Gasteiger partial charge on any atom is -0.493 e. The van der Waals surface area contributed by atoms with E-state index in [-0.39, 0.29) is 37.6 Å². The van der Waals surface area contributed by atoms with E-state index in [1.54, 1.807) is 29.7 Å². The highest BCUT2D eigenvalue weighted by molar-refractivity contribution is 6.05. The highest BCUT2D eigenvalue weighted by Crippen LogP contribution is 2.42. The summed E-state index contributed by atoms with van der Waals surface area (Å²) in [6.45, 7) is 2.58. The Labute approximate surface area is 245 Å². The molecule has 0 saturated heterocycles. The summed E-state index contributed by atoms with van der Waals surface area (Å²) in [4.78, 5) is 13.5. The number of hydrogen-bond acceptors (Lipinski definition) is 5. The average molecular weight is 590 g/mol. The lowest BCUT2D eigenvalue weighted by Crippen LogP contribution is -2.15. The summed E-state index contributed by atoms with van der Waals surface area (Å²) in [5, 5.41) is 8.93. The van der Waals surface area contributed by atoms with Crippen LogP contribution < -0.4 is 4.74 Å². The molecule has 3 aromatic carbocycles. The summed E-state index contributed by atoms with van der Waals surface area (Å²) >= 11 is 0. The molecule has 0 aliphatic carbocycles. The Bertz CT molecular complexity index is 1810. The van der Waals surface area contributed by atoms with Crippen LogP contribution in [-0.2, 0) is 35.2 Å². The highest BCUT2D eigenvalue weighted by atomic mass is 19.4. The van der Waals surface area contributed by atoms with E-state index in [0.717, 1.165) is 16.5 Å². The number of aryl methyl sites for hydroxylation is 1. The molecule has 2 aromatic heterocycles. The van der Waals surface area contributed by atoms with Crippen LogP contribution in [0.1, 0.15) is 40.8 Å². The fraction of sp³-hybridized carbons (Fsp3) is 0.273. The molecule has 1 N–H and O–H groups in total. The number of para-hydroxylation sites is 1. The monoisotopic (exact) mass is 589 g/mol. The number of rotatable bonds is 7. The van der Waals surface area contributed by atoms with Gasteiger partial charge in [-0.2, -0.15) is 18.3 Å². The number of benzene rings is 3. The predicted molar refractivity (Wildman–Crippen MR) is 157 cm³/mol. The second-order valence-corrected chi connectivity index (χ2v) is 10.2. The van der Waals surface area contributed by atoms with Crippen molar-refractivity contribution in [2.24, 2.45) is 0 Å². The molecule has 6 rings (SSSR count). The number of aromatic amines is 1. The minimum atomic E-state index is -4.68. The van der Waals surface area contributed by atoms with Gasteiger partial charge < -0.3 is 18.8 Å². The van der Waals surface area contributed by atoms with E-state index in [1.165, 1.54) is 0 Å². The molecule has 0 radical (unpaired) electrons. The van der Waals surface area contributed by atoms with Crippen LogP contribution in [0, 0.1) is 0 Å². The first-order valence-corrected chi connectivity index (χ1v) is 14.2. The summed E-state index contributed by atoms with van der Waals surface area (Å²) in [5.74, 6) is 0.236. The lowest BCUT2D eigenvalue weighted by Gasteiger charge is -2.13. The molecular formula is C33H30F3N3O4. The number of esters is 1. The van der Waals surface area contributed by atoms with Crippen molar-refractivity contribution in [1.29, 1.82) is 0 Å². The van der Waals surface area contributed by atoms with Gasteiger partial charge in [0.25, 0.3) is 0 Å². The second-order valence-electron chi connectivity index (χ2n) is 10.2. The van der Waals surface area contributed by atoms with E-state index in [1.807, 2.05) is 54.6 Å². The van der Waals surface area contributed by atoms with Gasteiger partial charge in [0.1, 0.15) is 17.1 Å². The topological polar surface area (TPSA) is 78.4 Å². The number of nitrogens with zero attached hydrogens (tertiary/aromatic N) is 2. The van der Waals surface area contributed by atoms with Crippen molar-refractivity contribution < 1.29 is 32.2 Å². The Morgan fingerprint density at radius 3 is 2.67 bits per heavy atom. The van der Waals surface area contributed by atoms with Gasteiger partial charge in [-0.3, -0.25) is 5.10 Å². The van der Waals surface area contributed by atoms with Crippen LogP contribution in [-0.4, -0.2) is 40.6 Å². The molecule has 0 amide bonds. The van der Waals surface area contributed by atoms with Gasteiger partial charge in [-0.15, -0.1) is 0 Å². The number of halogens is 3. The Morgan fingerprint density at radius 2 is 1.84 bits per heavy atom. The molecule has 7 nitrogen and oxygen atoms in total. The molecular weight excluding hydrogens is 559 g/mol. The average Bonchev–Trinajstić information content (AvgIpc) is 3.56. The number of nitrogens with one attached hydrogen (secondary N) is 1. The van der Waals surface area contributed by atoms with E-state index in [2.05, 4.69) is 10.2 Å². The van der Waals surface area contributed by atoms with E-state index >= 15 is 0 Å². The molecule has 0 bridgehead atoms. The third-order valence-electron chi connectivity index (χ3n) is 7.54. The van der Waals surface area contributed by atoms with Crippen molar-refractivity contribution in [2.75, 3.05) is 19.8 Å². The predicted octanol–water partition coefficient (Wildman–Crippen LogP) is 7.48. The van der Waals surface area contributed by atoms with Gasteiger partial charge in [-0.1, -0.05) is 66.7 Å².